The topological polar surface area (TPSA) is 237 Å². The summed E-state index contributed by atoms with van der Waals surface area (Å²) >= 11 is 0. The molecule has 0 aromatic rings. The highest BCUT2D eigenvalue weighted by Crippen LogP contribution is 2.45. The maximum absolute atomic E-state index is 13.0. The average molecular weight is 1300 g/mol. The summed E-state index contributed by atoms with van der Waals surface area (Å²) in [6.45, 7) is 14.1. The highest BCUT2D eigenvalue weighted by Gasteiger charge is 2.30. The lowest BCUT2D eigenvalue weighted by Gasteiger charge is -2.21. The highest BCUT2D eigenvalue weighted by atomic mass is 31.2. The molecule has 19 heteroatoms. The number of ether oxygens (including phenoxy) is 4. The Morgan fingerprint density at radius 3 is 0.807 bits per heavy atom. The van der Waals surface area contributed by atoms with Crippen molar-refractivity contribution >= 4 is 39.5 Å². The monoisotopic (exact) mass is 1300 g/mol. The third-order valence-electron chi connectivity index (χ3n) is 16.9. The zero-order valence-electron chi connectivity index (χ0n) is 57.3. The van der Waals surface area contributed by atoms with Crippen LogP contribution in [0.5, 0.6) is 0 Å². The Bertz CT molecular complexity index is 1750. The Balaban J connectivity index is 5.27. The minimum absolute atomic E-state index is 0.102. The van der Waals surface area contributed by atoms with E-state index < -0.39 is 97.5 Å². The summed E-state index contributed by atoms with van der Waals surface area (Å²) in [6, 6.07) is 0. The first kappa shape index (κ1) is 86.1. The second kappa shape index (κ2) is 58.8. The van der Waals surface area contributed by atoms with Crippen LogP contribution < -0.4 is 0 Å². The van der Waals surface area contributed by atoms with E-state index in [1.54, 1.807) is 0 Å². The van der Waals surface area contributed by atoms with Crippen LogP contribution in [-0.4, -0.2) is 96.7 Å². The van der Waals surface area contributed by atoms with Crippen molar-refractivity contribution < 1.29 is 80.2 Å². The molecule has 0 saturated carbocycles. The molecule has 0 fully saturated rings. The first-order chi connectivity index (χ1) is 42.2. The van der Waals surface area contributed by atoms with E-state index in [-0.39, 0.29) is 25.7 Å². The van der Waals surface area contributed by atoms with Crippen LogP contribution >= 0.6 is 15.6 Å². The molecule has 0 aromatic carbocycles. The van der Waals surface area contributed by atoms with Crippen LogP contribution in [0.15, 0.2) is 0 Å². The van der Waals surface area contributed by atoms with Gasteiger partial charge in [0.15, 0.2) is 12.2 Å². The van der Waals surface area contributed by atoms with E-state index in [1.807, 2.05) is 0 Å². The van der Waals surface area contributed by atoms with Crippen molar-refractivity contribution in [3.8, 4) is 0 Å². The van der Waals surface area contributed by atoms with Crippen LogP contribution in [0, 0.1) is 23.7 Å². The number of carbonyl (C=O) groups is 4. The van der Waals surface area contributed by atoms with Crippen molar-refractivity contribution in [1.29, 1.82) is 0 Å². The van der Waals surface area contributed by atoms with Crippen molar-refractivity contribution in [2.75, 3.05) is 39.6 Å². The van der Waals surface area contributed by atoms with Gasteiger partial charge in [0, 0.05) is 25.7 Å². The van der Waals surface area contributed by atoms with Gasteiger partial charge in [0.1, 0.15) is 19.3 Å². The molecule has 522 valence electrons. The van der Waals surface area contributed by atoms with Crippen molar-refractivity contribution in [3.05, 3.63) is 0 Å². The Morgan fingerprint density at radius 1 is 0.318 bits per heavy atom. The van der Waals surface area contributed by atoms with E-state index in [9.17, 15) is 43.2 Å². The van der Waals surface area contributed by atoms with Gasteiger partial charge >= 0.3 is 39.5 Å². The van der Waals surface area contributed by atoms with Crippen LogP contribution in [0.25, 0.3) is 0 Å². The summed E-state index contributed by atoms with van der Waals surface area (Å²) in [5.74, 6) is 0.891. The smallest absolute Gasteiger partial charge is 0.462 e. The number of phosphoric ester groups is 2. The second-order valence-corrected chi connectivity index (χ2v) is 29.0. The molecule has 0 aliphatic rings. The molecule has 0 bridgehead atoms. The SMILES string of the molecule is CCC(C)CCCCCCCCCCCCC(=O)O[C@H](COC(=O)CCCCCCCCCCCCCC(C)C)COP(=O)(O)OC[C@@H](O)COP(=O)(O)OC[C@@H](COC(=O)CCCCCCCCC(C)CC)OC(=O)CCCCCCCCC(C)CC. The number of unbranched alkanes of at least 4 members (excludes halogenated alkanes) is 29. The fourth-order valence-corrected chi connectivity index (χ4v) is 11.8. The van der Waals surface area contributed by atoms with Crippen LogP contribution in [0.1, 0.15) is 338 Å². The Hall–Kier alpha value is -1.94. The van der Waals surface area contributed by atoms with Crippen molar-refractivity contribution in [2.24, 2.45) is 23.7 Å². The Morgan fingerprint density at radius 2 is 0.545 bits per heavy atom. The molecule has 0 aliphatic carbocycles. The number of hydrogen-bond donors (Lipinski definition) is 3. The molecular weight excluding hydrogens is 1160 g/mol. The number of hydrogen-bond acceptors (Lipinski definition) is 15. The number of esters is 4. The molecule has 17 nitrogen and oxygen atoms in total. The number of carbonyl (C=O) groups excluding carboxylic acids is 4. The van der Waals surface area contributed by atoms with Gasteiger partial charge < -0.3 is 33.8 Å². The van der Waals surface area contributed by atoms with E-state index in [4.69, 9.17) is 37.0 Å². The highest BCUT2D eigenvalue weighted by molar-refractivity contribution is 7.47. The molecule has 0 amide bonds. The van der Waals surface area contributed by atoms with Crippen LogP contribution in [0.4, 0.5) is 0 Å². The van der Waals surface area contributed by atoms with E-state index in [0.717, 1.165) is 120 Å². The third kappa shape index (κ3) is 59.1. The largest absolute Gasteiger partial charge is 0.472 e. The molecule has 0 saturated heterocycles. The molecular formula is C69H134O17P2. The Labute approximate surface area is 537 Å². The second-order valence-electron chi connectivity index (χ2n) is 26.1. The van der Waals surface area contributed by atoms with Gasteiger partial charge in [0.2, 0.25) is 0 Å². The van der Waals surface area contributed by atoms with Gasteiger partial charge in [-0.1, -0.05) is 287 Å². The standard InChI is InChI=1S/C69H134O17P2/c1-9-60(6)46-38-30-22-18-15-16-20-24-35-43-51-68(73)85-64(55-79-66(71)49-41-33-23-19-14-12-13-17-21-29-37-45-59(4)5)57-83-87(75,76)81-53-63(70)54-82-88(77,78)84-58-65(86-69(74)52-44-36-28-26-32-40-48-62(8)11-3)56-80-67(72)50-42-34-27-25-31-39-47-61(7)10-2/h59-65,70H,9-58H2,1-8H3,(H,75,76)(H,77,78)/t60?,61?,62?,63-,64-,65-/m1/s1. The van der Waals surface area contributed by atoms with Gasteiger partial charge in [0.05, 0.1) is 26.4 Å². The quantitative estimate of drug-likeness (QED) is 0.0222. The number of phosphoric acid groups is 2. The van der Waals surface area contributed by atoms with Crippen LogP contribution in [0.3, 0.4) is 0 Å². The normalized spacial score (nSPS) is 15.2. The zero-order valence-corrected chi connectivity index (χ0v) is 59.1. The van der Waals surface area contributed by atoms with Gasteiger partial charge in [-0.15, -0.1) is 0 Å². The fraction of sp³-hybridized carbons (Fsp3) is 0.942. The van der Waals surface area contributed by atoms with Crippen molar-refractivity contribution in [1.82, 2.24) is 0 Å². The fourth-order valence-electron chi connectivity index (χ4n) is 10.2. The number of rotatable bonds is 66. The molecule has 3 N–H and O–H groups in total. The van der Waals surface area contributed by atoms with Crippen molar-refractivity contribution in [2.45, 2.75) is 356 Å². The summed E-state index contributed by atoms with van der Waals surface area (Å²) in [5, 5.41) is 10.6. The number of aliphatic hydroxyl groups excluding tert-OH is 1. The van der Waals surface area contributed by atoms with E-state index in [2.05, 4.69) is 55.4 Å². The predicted octanol–water partition coefficient (Wildman–Crippen LogP) is 19.3. The lowest BCUT2D eigenvalue weighted by Crippen LogP contribution is -2.30. The summed E-state index contributed by atoms with van der Waals surface area (Å²) in [6.07, 6.45) is 40.3. The third-order valence-corrected chi connectivity index (χ3v) is 18.8. The van der Waals surface area contributed by atoms with Crippen molar-refractivity contribution in [3.63, 3.8) is 0 Å². The lowest BCUT2D eigenvalue weighted by atomic mass is 9.99. The molecule has 88 heavy (non-hydrogen) atoms. The molecule has 0 heterocycles. The predicted molar refractivity (Wildman–Crippen MR) is 354 cm³/mol. The van der Waals surface area contributed by atoms with Gasteiger partial charge in [-0.3, -0.25) is 37.3 Å². The maximum atomic E-state index is 13.0. The molecule has 0 aromatic heterocycles. The molecule has 8 atom stereocenters. The maximum Gasteiger partial charge on any atom is 0.472 e. The first-order valence-electron chi connectivity index (χ1n) is 35.8. The zero-order chi connectivity index (χ0) is 65.4. The lowest BCUT2D eigenvalue weighted by molar-refractivity contribution is -0.161. The summed E-state index contributed by atoms with van der Waals surface area (Å²) in [5.41, 5.74) is 0. The van der Waals surface area contributed by atoms with Gasteiger partial charge in [-0.25, -0.2) is 9.13 Å². The van der Waals surface area contributed by atoms with E-state index >= 15 is 0 Å². The molecule has 0 radical (unpaired) electrons. The minimum Gasteiger partial charge on any atom is -0.462 e. The first-order valence-corrected chi connectivity index (χ1v) is 38.8. The number of aliphatic hydroxyl groups is 1. The Kier molecular flexibility index (Phi) is 57.6. The van der Waals surface area contributed by atoms with Gasteiger partial charge in [-0.2, -0.15) is 0 Å². The molecule has 0 spiro atoms. The van der Waals surface area contributed by atoms with Gasteiger partial charge in [-0.05, 0) is 49.4 Å². The van der Waals surface area contributed by atoms with Crippen LogP contribution in [-0.2, 0) is 65.4 Å². The minimum atomic E-state index is -4.95. The molecule has 0 rings (SSSR count). The average Bonchev–Trinajstić information content (AvgIpc) is 3.68. The summed E-state index contributed by atoms with van der Waals surface area (Å²) in [4.78, 5) is 72.5. The van der Waals surface area contributed by atoms with E-state index in [0.29, 0.717) is 25.7 Å². The summed E-state index contributed by atoms with van der Waals surface area (Å²) < 4.78 is 68.2. The van der Waals surface area contributed by atoms with Gasteiger partial charge in [0.25, 0.3) is 0 Å². The van der Waals surface area contributed by atoms with Crippen LogP contribution in [0.2, 0.25) is 0 Å². The molecule has 5 unspecified atom stereocenters. The van der Waals surface area contributed by atoms with E-state index in [1.165, 1.54) is 135 Å². The summed E-state index contributed by atoms with van der Waals surface area (Å²) in [7, 11) is -9.90. The molecule has 0 aliphatic heterocycles.